The molecule has 2 amide bonds. The first-order chi connectivity index (χ1) is 14.0. The summed E-state index contributed by atoms with van der Waals surface area (Å²) in [5.74, 6) is 2.08. The van der Waals surface area contributed by atoms with Gasteiger partial charge >= 0.3 is 0 Å². The number of hydrogen-bond acceptors (Lipinski definition) is 6. The van der Waals surface area contributed by atoms with Crippen LogP contribution in [0.1, 0.15) is 32.6 Å². The van der Waals surface area contributed by atoms with Crippen LogP contribution in [0.5, 0.6) is 5.75 Å². The second kappa shape index (κ2) is 9.54. The molecule has 1 aromatic carbocycles. The van der Waals surface area contributed by atoms with Crippen molar-refractivity contribution in [3.05, 3.63) is 30.2 Å². The number of amides is 2. The van der Waals surface area contributed by atoms with Gasteiger partial charge in [0.2, 0.25) is 23.5 Å². The lowest BCUT2D eigenvalue weighted by molar-refractivity contribution is -0.141. The summed E-state index contributed by atoms with van der Waals surface area (Å²) in [6.07, 6.45) is 1.63. The van der Waals surface area contributed by atoms with E-state index < -0.39 is 0 Å². The summed E-state index contributed by atoms with van der Waals surface area (Å²) >= 11 is 0. The highest BCUT2D eigenvalue weighted by Crippen LogP contribution is 2.20. The molecule has 1 fully saturated rings. The molecule has 8 heteroatoms. The van der Waals surface area contributed by atoms with Gasteiger partial charge in [0.1, 0.15) is 5.75 Å². The van der Waals surface area contributed by atoms with Crippen molar-refractivity contribution in [3.63, 3.8) is 0 Å². The van der Waals surface area contributed by atoms with E-state index in [0.717, 1.165) is 11.3 Å². The monoisotopic (exact) mass is 400 g/mol. The Morgan fingerprint density at radius 3 is 2.38 bits per heavy atom. The number of aromatic nitrogens is 2. The number of rotatable bonds is 7. The predicted molar refractivity (Wildman–Crippen MR) is 107 cm³/mol. The predicted octanol–water partition coefficient (Wildman–Crippen LogP) is 2.39. The van der Waals surface area contributed by atoms with Crippen molar-refractivity contribution in [2.24, 2.45) is 5.92 Å². The van der Waals surface area contributed by atoms with E-state index in [2.05, 4.69) is 10.1 Å². The Bertz CT molecular complexity index is 823. The van der Waals surface area contributed by atoms with Crippen LogP contribution in [0.25, 0.3) is 11.4 Å². The Morgan fingerprint density at radius 2 is 1.76 bits per heavy atom. The van der Waals surface area contributed by atoms with Gasteiger partial charge in [-0.2, -0.15) is 4.98 Å². The molecular weight excluding hydrogens is 372 g/mol. The van der Waals surface area contributed by atoms with Gasteiger partial charge in [-0.15, -0.1) is 0 Å². The van der Waals surface area contributed by atoms with Gasteiger partial charge in [-0.25, -0.2) is 0 Å². The summed E-state index contributed by atoms with van der Waals surface area (Å²) in [4.78, 5) is 32.5. The van der Waals surface area contributed by atoms with Crippen molar-refractivity contribution in [3.8, 4) is 17.1 Å². The van der Waals surface area contributed by atoms with E-state index >= 15 is 0 Å². The zero-order valence-corrected chi connectivity index (χ0v) is 17.3. The molecule has 0 N–H and O–H groups in total. The number of ether oxygens (including phenoxy) is 1. The number of benzene rings is 1. The van der Waals surface area contributed by atoms with Crippen molar-refractivity contribution in [2.75, 3.05) is 33.3 Å². The van der Waals surface area contributed by atoms with E-state index in [0.29, 0.717) is 57.2 Å². The first-order valence-corrected chi connectivity index (χ1v) is 10.0. The lowest BCUT2D eigenvalue weighted by Crippen LogP contribution is -2.51. The van der Waals surface area contributed by atoms with E-state index in [9.17, 15) is 9.59 Å². The summed E-state index contributed by atoms with van der Waals surface area (Å²) < 4.78 is 10.4. The van der Waals surface area contributed by atoms with Gasteiger partial charge in [0.15, 0.2) is 0 Å². The maximum absolute atomic E-state index is 12.4. The third kappa shape index (κ3) is 5.34. The van der Waals surface area contributed by atoms with E-state index in [4.69, 9.17) is 9.26 Å². The van der Waals surface area contributed by atoms with Crippen LogP contribution in [0.15, 0.2) is 28.8 Å². The Morgan fingerprint density at radius 1 is 1.10 bits per heavy atom. The average Bonchev–Trinajstić information content (AvgIpc) is 3.22. The van der Waals surface area contributed by atoms with Gasteiger partial charge in [-0.1, -0.05) is 19.0 Å². The van der Waals surface area contributed by atoms with Gasteiger partial charge in [0, 0.05) is 50.5 Å². The fourth-order valence-corrected chi connectivity index (χ4v) is 3.30. The zero-order valence-electron chi connectivity index (χ0n) is 17.3. The van der Waals surface area contributed by atoms with E-state index in [1.54, 1.807) is 7.11 Å². The lowest BCUT2D eigenvalue weighted by atomic mass is 10.1. The van der Waals surface area contributed by atoms with Gasteiger partial charge in [0.25, 0.3) is 0 Å². The molecule has 0 aliphatic carbocycles. The highest BCUT2D eigenvalue weighted by molar-refractivity contribution is 5.79. The zero-order chi connectivity index (χ0) is 20.8. The molecular formula is C21H28N4O4. The van der Waals surface area contributed by atoms with Crippen molar-refractivity contribution >= 4 is 11.8 Å². The SMILES string of the molecule is COc1ccc(-c2noc(CCCC(=O)N3CCN(C(=O)C(C)C)CC3)n2)cc1. The second-order valence-electron chi connectivity index (χ2n) is 7.45. The lowest BCUT2D eigenvalue weighted by Gasteiger charge is -2.35. The minimum absolute atomic E-state index is 0.00513. The third-order valence-electron chi connectivity index (χ3n) is 5.04. The molecule has 2 aromatic rings. The number of carbonyl (C=O) groups is 2. The molecule has 1 saturated heterocycles. The van der Waals surface area contributed by atoms with Crippen molar-refractivity contribution in [2.45, 2.75) is 33.1 Å². The summed E-state index contributed by atoms with van der Waals surface area (Å²) in [5, 5.41) is 4.01. The summed E-state index contributed by atoms with van der Waals surface area (Å²) in [6, 6.07) is 7.44. The molecule has 3 rings (SSSR count). The van der Waals surface area contributed by atoms with Crippen LogP contribution in [-0.4, -0.2) is 65.0 Å². The van der Waals surface area contributed by atoms with E-state index in [1.807, 2.05) is 47.9 Å². The molecule has 0 unspecified atom stereocenters. The Balaban J connectivity index is 1.43. The molecule has 8 nitrogen and oxygen atoms in total. The standard InChI is InChI=1S/C21H28N4O4/c1-15(2)21(27)25-13-11-24(12-14-25)19(26)6-4-5-18-22-20(23-29-18)16-7-9-17(28-3)10-8-16/h7-10,15H,4-6,11-14H2,1-3H3. The molecule has 0 radical (unpaired) electrons. The highest BCUT2D eigenvalue weighted by Gasteiger charge is 2.25. The maximum Gasteiger partial charge on any atom is 0.226 e. The molecule has 1 aliphatic heterocycles. The number of carbonyl (C=O) groups excluding carboxylic acids is 2. The van der Waals surface area contributed by atoms with Crippen LogP contribution >= 0.6 is 0 Å². The Kier molecular flexibility index (Phi) is 6.85. The van der Waals surface area contributed by atoms with Gasteiger partial charge in [-0.05, 0) is 30.7 Å². The van der Waals surface area contributed by atoms with Crippen LogP contribution in [0, 0.1) is 5.92 Å². The largest absolute Gasteiger partial charge is 0.497 e. The first-order valence-electron chi connectivity index (χ1n) is 10.0. The van der Waals surface area contributed by atoms with Crippen molar-refractivity contribution < 1.29 is 18.8 Å². The first kappa shape index (κ1) is 20.8. The van der Waals surface area contributed by atoms with Crippen molar-refractivity contribution in [1.29, 1.82) is 0 Å². The minimum Gasteiger partial charge on any atom is -0.497 e. The van der Waals surface area contributed by atoms with E-state index in [-0.39, 0.29) is 17.7 Å². The molecule has 0 spiro atoms. The second-order valence-corrected chi connectivity index (χ2v) is 7.45. The molecule has 0 atom stereocenters. The van der Waals surface area contributed by atoms with Crippen LogP contribution in [0.3, 0.4) is 0 Å². The summed E-state index contributed by atoms with van der Waals surface area (Å²) in [7, 11) is 1.62. The number of hydrogen-bond donors (Lipinski definition) is 0. The third-order valence-corrected chi connectivity index (χ3v) is 5.04. The maximum atomic E-state index is 12.4. The fourth-order valence-electron chi connectivity index (χ4n) is 3.30. The van der Waals surface area contributed by atoms with Gasteiger partial charge < -0.3 is 19.1 Å². The average molecular weight is 400 g/mol. The minimum atomic E-state index is -0.00513. The summed E-state index contributed by atoms with van der Waals surface area (Å²) in [6.45, 7) is 6.21. The number of aryl methyl sites for hydroxylation is 1. The van der Waals surface area contributed by atoms with Crippen LogP contribution in [0.4, 0.5) is 0 Å². The van der Waals surface area contributed by atoms with Crippen LogP contribution in [0.2, 0.25) is 0 Å². The Hall–Kier alpha value is -2.90. The van der Waals surface area contributed by atoms with E-state index in [1.165, 1.54) is 0 Å². The highest BCUT2D eigenvalue weighted by atomic mass is 16.5. The van der Waals surface area contributed by atoms with Gasteiger partial charge in [-0.3, -0.25) is 9.59 Å². The normalized spacial score (nSPS) is 14.3. The van der Waals surface area contributed by atoms with Gasteiger partial charge in [0.05, 0.1) is 7.11 Å². The molecule has 2 heterocycles. The molecule has 1 aliphatic rings. The molecule has 1 aromatic heterocycles. The number of piperazine rings is 1. The summed E-state index contributed by atoms with van der Waals surface area (Å²) in [5.41, 5.74) is 0.852. The Labute approximate surface area is 170 Å². The van der Waals surface area contributed by atoms with Crippen molar-refractivity contribution in [1.82, 2.24) is 19.9 Å². The van der Waals surface area contributed by atoms with Crippen LogP contribution < -0.4 is 4.74 Å². The smallest absolute Gasteiger partial charge is 0.226 e. The topological polar surface area (TPSA) is 88.8 Å². The fraction of sp³-hybridized carbons (Fsp3) is 0.524. The molecule has 156 valence electrons. The number of nitrogens with zero attached hydrogens (tertiary/aromatic N) is 4. The molecule has 0 bridgehead atoms. The molecule has 29 heavy (non-hydrogen) atoms. The van der Waals surface area contributed by atoms with Crippen LogP contribution in [-0.2, 0) is 16.0 Å². The number of methoxy groups -OCH3 is 1. The molecule has 0 saturated carbocycles. The quantitative estimate of drug-likeness (QED) is 0.709.